The van der Waals surface area contributed by atoms with Gasteiger partial charge >= 0.3 is 5.97 Å². The third-order valence-corrected chi connectivity index (χ3v) is 6.78. The largest absolute Gasteiger partial charge is 0.463 e. The summed E-state index contributed by atoms with van der Waals surface area (Å²) in [6.07, 6.45) is 4.00. The summed E-state index contributed by atoms with van der Waals surface area (Å²) >= 11 is 0. The van der Waals surface area contributed by atoms with Crippen molar-refractivity contribution in [2.45, 2.75) is 44.2 Å². The summed E-state index contributed by atoms with van der Waals surface area (Å²) in [5, 5.41) is 19.9. The number of aliphatic hydroxyl groups excluding tert-OH is 1. The van der Waals surface area contributed by atoms with Gasteiger partial charge in [-0.25, -0.2) is 0 Å². The Bertz CT molecular complexity index is 1410. The summed E-state index contributed by atoms with van der Waals surface area (Å²) in [5.74, 6) is -2.95. The highest BCUT2D eigenvalue weighted by molar-refractivity contribution is 5.99. The zero-order valence-corrected chi connectivity index (χ0v) is 24.2. The SMILES string of the molecule is C=CCCC(=O)OC[C@H](NC(=O)[C@H](CC=C)CC(=O)N[C@@H](CO)Cc1ccccc1)C(=O)Nc1ccc2ccccc2c1. The van der Waals surface area contributed by atoms with Crippen molar-refractivity contribution in [3.05, 3.63) is 104 Å². The normalized spacial score (nSPS) is 12.8. The van der Waals surface area contributed by atoms with Crippen LogP contribution in [-0.4, -0.2) is 54.1 Å². The first-order chi connectivity index (χ1) is 20.8. The van der Waals surface area contributed by atoms with Crippen LogP contribution in [0.5, 0.6) is 0 Å². The number of nitrogens with one attached hydrogen (secondary N) is 3. The Morgan fingerprint density at radius 1 is 0.860 bits per heavy atom. The molecule has 0 spiro atoms. The molecule has 0 unspecified atom stereocenters. The molecule has 3 rings (SSSR count). The number of fused-ring (bicyclic) bond motifs is 1. The van der Waals surface area contributed by atoms with Crippen molar-refractivity contribution in [3.8, 4) is 0 Å². The van der Waals surface area contributed by atoms with Crippen molar-refractivity contribution in [2.24, 2.45) is 5.92 Å². The molecule has 0 saturated carbocycles. The van der Waals surface area contributed by atoms with E-state index in [9.17, 15) is 24.3 Å². The summed E-state index contributed by atoms with van der Waals surface area (Å²) in [5.41, 5.74) is 1.46. The van der Waals surface area contributed by atoms with Gasteiger partial charge in [-0.2, -0.15) is 0 Å². The van der Waals surface area contributed by atoms with Crippen LogP contribution in [0.4, 0.5) is 5.69 Å². The zero-order chi connectivity index (χ0) is 31.0. The number of hydrogen-bond acceptors (Lipinski definition) is 6. The Kier molecular flexibility index (Phi) is 13.1. The number of esters is 1. The second-order valence-corrected chi connectivity index (χ2v) is 10.2. The molecule has 3 aromatic carbocycles. The van der Waals surface area contributed by atoms with Crippen molar-refractivity contribution >= 4 is 40.2 Å². The highest BCUT2D eigenvalue weighted by Gasteiger charge is 2.28. The van der Waals surface area contributed by atoms with E-state index >= 15 is 0 Å². The lowest BCUT2D eigenvalue weighted by atomic mass is 9.98. The fraction of sp³-hybridized carbons (Fsp3) is 0.294. The van der Waals surface area contributed by atoms with Gasteiger partial charge in [0.05, 0.1) is 18.6 Å². The Hall–Kier alpha value is -4.76. The first-order valence-corrected chi connectivity index (χ1v) is 14.2. The van der Waals surface area contributed by atoms with Crippen molar-refractivity contribution in [2.75, 3.05) is 18.5 Å². The predicted molar refractivity (Wildman–Crippen MR) is 167 cm³/mol. The van der Waals surface area contributed by atoms with E-state index in [4.69, 9.17) is 4.74 Å². The first-order valence-electron chi connectivity index (χ1n) is 14.2. The number of aliphatic hydroxyl groups is 1. The molecule has 9 heteroatoms. The van der Waals surface area contributed by atoms with Crippen LogP contribution < -0.4 is 16.0 Å². The van der Waals surface area contributed by atoms with Gasteiger partial charge in [-0.3, -0.25) is 19.2 Å². The molecule has 3 atom stereocenters. The first kappa shape index (κ1) is 32.8. The maximum atomic E-state index is 13.4. The molecule has 226 valence electrons. The topological polar surface area (TPSA) is 134 Å². The lowest BCUT2D eigenvalue weighted by molar-refractivity contribution is -0.146. The molecular formula is C34H39N3O6. The van der Waals surface area contributed by atoms with Crippen LogP contribution in [0.15, 0.2) is 98.1 Å². The molecule has 0 aliphatic heterocycles. The lowest BCUT2D eigenvalue weighted by Crippen LogP contribution is -2.49. The molecule has 4 N–H and O–H groups in total. The van der Waals surface area contributed by atoms with Crippen LogP contribution in [0.3, 0.4) is 0 Å². The van der Waals surface area contributed by atoms with Crippen LogP contribution in [0.1, 0.15) is 31.2 Å². The second-order valence-electron chi connectivity index (χ2n) is 10.2. The van der Waals surface area contributed by atoms with Crippen LogP contribution in [0.25, 0.3) is 10.8 Å². The summed E-state index contributed by atoms with van der Waals surface area (Å²) < 4.78 is 5.29. The molecule has 0 fully saturated rings. The molecule has 9 nitrogen and oxygen atoms in total. The van der Waals surface area contributed by atoms with Gasteiger partial charge in [-0.15, -0.1) is 13.2 Å². The molecule has 0 aliphatic rings. The van der Waals surface area contributed by atoms with Crippen molar-refractivity contribution < 1.29 is 29.0 Å². The molecule has 0 radical (unpaired) electrons. The lowest BCUT2D eigenvalue weighted by Gasteiger charge is -2.23. The van der Waals surface area contributed by atoms with Crippen molar-refractivity contribution in [3.63, 3.8) is 0 Å². The Morgan fingerprint density at radius 3 is 2.28 bits per heavy atom. The number of allylic oxidation sites excluding steroid dienone is 2. The van der Waals surface area contributed by atoms with Crippen LogP contribution in [0.2, 0.25) is 0 Å². The molecule has 0 aromatic heterocycles. The van der Waals surface area contributed by atoms with Gasteiger partial charge < -0.3 is 25.8 Å². The maximum absolute atomic E-state index is 13.4. The number of rotatable bonds is 17. The zero-order valence-electron chi connectivity index (χ0n) is 24.2. The van der Waals surface area contributed by atoms with Crippen LogP contribution >= 0.6 is 0 Å². The second kappa shape index (κ2) is 17.3. The summed E-state index contributed by atoms with van der Waals surface area (Å²) in [7, 11) is 0. The molecule has 0 saturated heterocycles. The van der Waals surface area contributed by atoms with Gasteiger partial charge in [0, 0.05) is 18.5 Å². The third kappa shape index (κ3) is 10.9. The van der Waals surface area contributed by atoms with Crippen LogP contribution in [-0.2, 0) is 30.3 Å². The summed E-state index contributed by atoms with van der Waals surface area (Å²) in [4.78, 5) is 51.7. The van der Waals surface area contributed by atoms with E-state index in [-0.39, 0.29) is 25.9 Å². The third-order valence-electron chi connectivity index (χ3n) is 6.78. The molecule has 3 aromatic rings. The Labute approximate surface area is 252 Å². The van der Waals surface area contributed by atoms with Gasteiger partial charge in [0.25, 0.3) is 5.91 Å². The minimum absolute atomic E-state index is 0.0880. The Balaban J connectivity index is 1.69. The number of hydrogen-bond donors (Lipinski definition) is 4. The summed E-state index contributed by atoms with van der Waals surface area (Å²) in [6.45, 7) is 6.62. The average Bonchev–Trinajstić information content (AvgIpc) is 3.01. The van der Waals surface area contributed by atoms with Crippen molar-refractivity contribution in [1.29, 1.82) is 0 Å². The fourth-order valence-corrected chi connectivity index (χ4v) is 4.49. The summed E-state index contributed by atoms with van der Waals surface area (Å²) in [6, 6.07) is 20.8. The predicted octanol–water partition coefficient (Wildman–Crippen LogP) is 4.07. The minimum atomic E-state index is -1.22. The number of anilines is 1. The fourth-order valence-electron chi connectivity index (χ4n) is 4.49. The Morgan fingerprint density at radius 2 is 1.58 bits per heavy atom. The van der Waals surface area contributed by atoms with Crippen LogP contribution in [0, 0.1) is 5.92 Å². The molecular weight excluding hydrogens is 546 g/mol. The quantitative estimate of drug-likeness (QED) is 0.139. The number of benzene rings is 3. The molecule has 43 heavy (non-hydrogen) atoms. The van der Waals surface area contributed by atoms with E-state index in [2.05, 4.69) is 29.1 Å². The molecule has 0 bridgehead atoms. The monoisotopic (exact) mass is 585 g/mol. The van der Waals surface area contributed by atoms with E-state index in [1.54, 1.807) is 18.2 Å². The van der Waals surface area contributed by atoms with Gasteiger partial charge in [-0.1, -0.05) is 72.8 Å². The highest BCUT2D eigenvalue weighted by atomic mass is 16.5. The van der Waals surface area contributed by atoms with Gasteiger partial charge in [0.15, 0.2) is 0 Å². The molecule has 0 heterocycles. The molecule has 3 amide bonds. The standard InChI is InChI=1S/C34H39N3O6/c1-3-5-16-32(40)43-23-30(34(42)36-28-18-17-25-14-9-10-15-26(25)20-28)37-33(41)27(11-4-2)21-31(39)35-29(22-38)19-24-12-7-6-8-13-24/h3-4,6-10,12-15,17-18,20,27,29-30,38H,1-2,5,11,16,19,21-23H2,(H,35,39)(H,36,42)(H,37,41)/t27-,29-,30+/m1/s1. The number of amides is 3. The van der Waals surface area contributed by atoms with E-state index in [1.165, 1.54) is 6.08 Å². The minimum Gasteiger partial charge on any atom is -0.463 e. The maximum Gasteiger partial charge on any atom is 0.306 e. The number of ether oxygens (including phenoxy) is 1. The number of carbonyl (C=O) groups is 4. The van der Waals surface area contributed by atoms with Gasteiger partial charge in [0.2, 0.25) is 11.8 Å². The van der Waals surface area contributed by atoms with Crippen molar-refractivity contribution in [1.82, 2.24) is 10.6 Å². The van der Waals surface area contributed by atoms with E-state index < -0.39 is 48.3 Å². The van der Waals surface area contributed by atoms with E-state index in [0.717, 1.165) is 16.3 Å². The van der Waals surface area contributed by atoms with Gasteiger partial charge in [-0.05, 0) is 47.7 Å². The molecule has 0 aliphatic carbocycles. The highest BCUT2D eigenvalue weighted by Crippen LogP contribution is 2.19. The van der Waals surface area contributed by atoms with E-state index in [0.29, 0.717) is 18.5 Å². The smallest absolute Gasteiger partial charge is 0.306 e. The van der Waals surface area contributed by atoms with Gasteiger partial charge in [0.1, 0.15) is 12.6 Å². The average molecular weight is 586 g/mol. The van der Waals surface area contributed by atoms with E-state index in [1.807, 2.05) is 60.7 Å². The number of carbonyl (C=O) groups excluding carboxylic acids is 4.